The van der Waals surface area contributed by atoms with Crippen LogP contribution in [0.3, 0.4) is 0 Å². The molecule has 3 heteroatoms. The highest BCUT2D eigenvalue weighted by molar-refractivity contribution is 6.12. The van der Waals surface area contributed by atoms with Gasteiger partial charge in [-0.25, -0.2) is 9.98 Å². The first-order chi connectivity index (χ1) is 15.2. The van der Waals surface area contributed by atoms with Crippen LogP contribution in [0.4, 0.5) is 11.4 Å². The van der Waals surface area contributed by atoms with Gasteiger partial charge < -0.3 is 4.42 Å². The Kier molecular flexibility index (Phi) is 4.93. The zero-order valence-electron chi connectivity index (χ0n) is 17.5. The maximum Gasteiger partial charge on any atom is 0.148 e. The molecule has 0 fully saturated rings. The molecule has 0 aliphatic heterocycles. The first kappa shape index (κ1) is 19.0. The summed E-state index contributed by atoms with van der Waals surface area (Å²) in [5, 5.41) is 4.63. The number of rotatable bonds is 4. The second-order valence-electron chi connectivity index (χ2n) is 7.56. The summed E-state index contributed by atoms with van der Waals surface area (Å²) in [6.45, 7) is 3.95. The molecule has 0 unspecified atom stereocenters. The minimum absolute atomic E-state index is 0.745. The summed E-state index contributed by atoms with van der Waals surface area (Å²) < 4.78 is 6.11. The van der Waals surface area contributed by atoms with E-state index in [0.29, 0.717) is 0 Å². The van der Waals surface area contributed by atoms with Crippen LogP contribution in [0.25, 0.3) is 21.5 Å². The molecular weight excluding hydrogens is 380 g/mol. The van der Waals surface area contributed by atoms with Gasteiger partial charge >= 0.3 is 0 Å². The van der Waals surface area contributed by atoms with E-state index in [1.165, 1.54) is 10.8 Å². The summed E-state index contributed by atoms with van der Waals surface area (Å²) in [5.41, 5.74) is 3.55. The third kappa shape index (κ3) is 3.78. The van der Waals surface area contributed by atoms with Crippen molar-refractivity contribution in [1.29, 1.82) is 0 Å². The molecule has 4 aromatic carbocycles. The molecule has 3 nitrogen and oxygen atoms in total. The van der Waals surface area contributed by atoms with Gasteiger partial charge in [-0.2, -0.15) is 0 Å². The smallest absolute Gasteiger partial charge is 0.148 e. The molecule has 5 aromatic rings. The molecule has 0 amide bonds. The van der Waals surface area contributed by atoms with E-state index in [1.54, 1.807) is 0 Å². The van der Waals surface area contributed by atoms with Crippen LogP contribution in [-0.2, 0) is 0 Å². The molecule has 1 heterocycles. The van der Waals surface area contributed by atoms with Gasteiger partial charge in [0.1, 0.15) is 11.5 Å². The van der Waals surface area contributed by atoms with Crippen LogP contribution < -0.4 is 0 Å². The predicted octanol–water partition coefficient (Wildman–Crippen LogP) is 7.87. The zero-order chi connectivity index (χ0) is 21.2. The lowest BCUT2D eigenvalue weighted by Gasteiger charge is -2.08. The second-order valence-corrected chi connectivity index (χ2v) is 7.56. The normalized spacial score (nSPS) is 12.6. The van der Waals surface area contributed by atoms with Crippen LogP contribution >= 0.6 is 0 Å². The Morgan fingerprint density at radius 3 is 1.71 bits per heavy atom. The van der Waals surface area contributed by atoms with E-state index in [-0.39, 0.29) is 0 Å². The summed E-state index contributed by atoms with van der Waals surface area (Å²) in [7, 11) is 0. The van der Waals surface area contributed by atoms with Crippen molar-refractivity contribution in [3.8, 4) is 0 Å². The molecule has 0 N–H and O–H groups in total. The van der Waals surface area contributed by atoms with E-state index in [4.69, 9.17) is 9.41 Å². The molecule has 0 aliphatic carbocycles. The Labute approximate surface area is 181 Å². The number of nitrogens with zero attached hydrogens (tertiary/aromatic N) is 2. The molecule has 31 heavy (non-hydrogen) atoms. The second kappa shape index (κ2) is 8.04. The number of furan rings is 1. The van der Waals surface area contributed by atoms with Crippen molar-refractivity contribution in [1.82, 2.24) is 0 Å². The van der Waals surface area contributed by atoms with Crippen molar-refractivity contribution in [3.05, 3.63) is 109 Å². The van der Waals surface area contributed by atoms with Gasteiger partial charge in [-0.1, -0.05) is 66.7 Å². The van der Waals surface area contributed by atoms with E-state index in [2.05, 4.69) is 59.6 Å². The third-order valence-electron chi connectivity index (χ3n) is 5.39. The fourth-order valence-corrected chi connectivity index (χ4v) is 3.81. The summed E-state index contributed by atoms with van der Waals surface area (Å²) >= 11 is 0. The topological polar surface area (TPSA) is 37.9 Å². The lowest BCUT2D eigenvalue weighted by Crippen LogP contribution is -1.94. The molecular formula is C28H22N2O. The van der Waals surface area contributed by atoms with E-state index >= 15 is 0 Å². The van der Waals surface area contributed by atoms with Crippen molar-refractivity contribution < 1.29 is 4.42 Å². The molecule has 5 rings (SSSR count). The standard InChI is InChI=1S/C28H22N2O/c1-19(29-23-12-4-3-5-13-23)26-16-17-27(31-26)20(2)30-28-24-14-8-6-10-21(24)18-22-11-7-9-15-25(22)28/h3-18H,1-2H3. The summed E-state index contributed by atoms with van der Waals surface area (Å²) in [5.74, 6) is 1.49. The fraction of sp³-hybridized carbons (Fsp3) is 0.0714. The van der Waals surface area contributed by atoms with Crippen LogP contribution in [0, 0.1) is 0 Å². The van der Waals surface area contributed by atoms with Crippen molar-refractivity contribution in [2.75, 3.05) is 0 Å². The minimum atomic E-state index is 0.745. The van der Waals surface area contributed by atoms with E-state index in [1.807, 2.05) is 56.3 Å². The maximum atomic E-state index is 6.11. The van der Waals surface area contributed by atoms with Crippen LogP contribution in [0.2, 0.25) is 0 Å². The van der Waals surface area contributed by atoms with Gasteiger partial charge in [-0.15, -0.1) is 0 Å². The van der Waals surface area contributed by atoms with Crippen LogP contribution in [0.1, 0.15) is 25.4 Å². The number of aliphatic imine (C=N–C) groups is 2. The van der Waals surface area contributed by atoms with Crippen molar-refractivity contribution in [2.24, 2.45) is 9.98 Å². The molecule has 0 atom stereocenters. The van der Waals surface area contributed by atoms with Crippen molar-refractivity contribution >= 4 is 44.3 Å². The fourth-order valence-electron chi connectivity index (χ4n) is 3.81. The monoisotopic (exact) mass is 402 g/mol. The average Bonchev–Trinajstić information content (AvgIpc) is 3.30. The molecule has 0 saturated heterocycles. The highest BCUT2D eigenvalue weighted by Gasteiger charge is 2.11. The number of hydrogen-bond donors (Lipinski definition) is 0. The quantitative estimate of drug-likeness (QED) is 0.223. The largest absolute Gasteiger partial charge is 0.454 e. The van der Waals surface area contributed by atoms with E-state index in [0.717, 1.165) is 45.1 Å². The Morgan fingerprint density at radius 1 is 0.581 bits per heavy atom. The maximum absolute atomic E-state index is 6.11. The SMILES string of the molecule is CC(=Nc1ccccc1)c1ccc(C(C)=Nc2c3ccccc3cc3ccccc23)o1. The number of fused-ring (bicyclic) bond motifs is 2. The summed E-state index contributed by atoms with van der Waals surface area (Å²) in [4.78, 5) is 9.68. The van der Waals surface area contributed by atoms with Crippen LogP contribution in [0.5, 0.6) is 0 Å². The van der Waals surface area contributed by atoms with Gasteiger partial charge in [0.05, 0.1) is 22.8 Å². The minimum Gasteiger partial charge on any atom is -0.454 e. The lowest BCUT2D eigenvalue weighted by molar-refractivity contribution is 0.548. The highest BCUT2D eigenvalue weighted by atomic mass is 16.3. The molecule has 1 aromatic heterocycles. The molecule has 0 spiro atoms. The zero-order valence-corrected chi connectivity index (χ0v) is 17.5. The van der Waals surface area contributed by atoms with Gasteiger partial charge in [-0.3, -0.25) is 0 Å². The highest BCUT2D eigenvalue weighted by Crippen LogP contribution is 2.35. The Balaban J connectivity index is 1.57. The third-order valence-corrected chi connectivity index (χ3v) is 5.39. The van der Waals surface area contributed by atoms with Crippen molar-refractivity contribution in [2.45, 2.75) is 13.8 Å². The van der Waals surface area contributed by atoms with E-state index < -0.39 is 0 Å². The molecule has 0 radical (unpaired) electrons. The molecule has 0 aliphatic rings. The Bertz CT molecular complexity index is 1390. The van der Waals surface area contributed by atoms with Crippen LogP contribution in [-0.4, -0.2) is 11.4 Å². The molecule has 0 saturated carbocycles. The van der Waals surface area contributed by atoms with Crippen molar-refractivity contribution in [3.63, 3.8) is 0 Å². The van der Waals surface area contributed by atoms with Crippen LogP contribution in [0.15, 0.2) is 111 Å². The number of hydrogen-bond acceptors (Lipinski definition) is 3. The summed E-state index contributed by atoms with van der Waals surface area (Å²) in [6, 6.07) is 32.8. The van der Waals surface area contributed by atoms with Gasteiger partial charge in [0, 0.05) is 10.8 Å². The van der Waals surface area contributed by atoms with Gasteiger partial charge in [0.15, 0.2) is 0 Å². The predicted molar refractivity (Wildman–Crippen MR) is 130 cm³/mol. The Hall–Kier alpha value is -3.98. The van der Waals surface area contributed by atoms with Gasteiger partial charge in [0.25, 0.3) is 0 Å². The Morgan fingerprint density at radius 2 is 1.10 bits per heavy atom. The number of para-hydroxylation sites is 1. The number of benzene rings is 4. The lowest BCUT2D eigenvalue weighted by atomic mass is 10.0. The average molecular weight is 402 g/mol. The first-order valence-corrected chi connectivity index (χ1v) is 10.4. The molecule has 150 valence electrons. The molecule has 0 bridgehead atoms. The van der Waals surface area contributed by atoms with Gasteiger partial charge in [0.2, 0.25) is 0 Å². The van der Waals surface area contributed by atoms with E-state index in [9.17, 15) is 0 Å². The summed E-state index contributed by atoms with van der Waals surface area (Å²) in [6.07, 6.45) is 0. The van der Waals surface area contributed by atoms with Gasteiger partial charge in [-0.05, 0) is 55.0 Å². The first-order valence-electron chi connectivity index (χ1n) is 10.4.